The molecule has 1 aromatic carbocycles. The molecule has 0 fully saturated rings. The quantitative estimate of drug-likeness (QED) is 0.770. The number of nitriles is 1. The number of benzene rings is 1. The van der Waals surface area contributed by atoms with E-state index in [9.17, 15) is 4.79 Å². The van der Waals surface area contributed by atoms with Gasteiger partial charge >= 0.3 is 0 Å². The number of carbonyl (C=O) groups excluding carboxylic acids is 1. The van der Waals surface area contributed by atoms with Gasteiger partial charge in [-0.25, -0.2) is 4.98 Å². The van der Waals surface area contributed by atoms with Gasteiger partial charge in [0.1, 0.15) is 0 Å². The van der Waals surface area contributed by atoms with E-state index in [4.69, 9.17) is 5.26 Å². The molecular formula is C14H13N3O. The van der Waals surface area contributed by atoms with Gasteiger partial charge in [0.2, 0.25) is 0 Å². The molecule has 1 heterocycles. The number of hydrogen-bond acceptors (Lipinski definition) is 3. The van der Waals surface area contributed by atoms with Crippen LogP contribution in [0, 0.1) is 17.2 Å². The van der Waals surface area contributed by atoms with Crippen molar-refractivity contribution in [2.75, 3.05) is 0 Å². The summed E-state index contributed by atoms with van der Waals surface area (Å²) in [4.78, 5) is 15.8. The van der Waals surface area contributed by atoms with Crippen LogP contribution in [0.25, 0.3) is 5.69 Å². The van der Waals surface area contributed by atoms with Crippen molar-refractivity contribution in [3.05, 3.63) is 48.5 Å². The maximum atomic E-state index is 11.8. The predicted octanol–water partition coefficient (Wildman–Crippen LogP) is 2.60. The normalized spacial score (nSPS) is 11.8. The second-order valence-corrected chi connectivity index (χ2v) is 4.17. The molecule has 4 nitrogen and oxygen atoms in total. The zero-order valence-electron chi connectivity index (χ0n) is 10.1. The van der Waals surface area contributed by atoms with Crippen molar-refractivity contribution < 1.29 is 4.79 Å². The maximum Gasteiger partial charge on any atom is 0.164 e. The van der Waals surface area contributed by atoms with Gasteiger partial charge in [0.25, 0.3) is 0 Å². The minimum absolute atomic E-state index is 0.00114. The first-order valence-corrected chi connectivity index (χ1v) is 5.72. The van der Waals surface area contributed by atoms with Crippen molar-refractivity contribution in [2.24, 2.45) is 5.92 Å². The molecule has 0 amide bonds. The number of imidazole rings is 1. The molecule has 2 rings (SSSR count). The highest BCUT2D eigenvalue weighted by Crippen LogP contribution is 2.13. The van der Waals surface area contributed by atoms with Crippen molar-refractivity contribution >= 4 is 5.78 Å². The summed E-state index contributed by atoms with van der Waals surface area (Å²) < 4.78 is 1.87. The van der Waals surface area contributed by atoms with Gasteiger partial charge in [0.15, 0.2) is 5.78 Å². The number of ketones is 1. The third-order valence-corrected chi connectivity index (χ3v) is 2.70. The Morgan fingerprint density at radius 2 is 2.17 bits per heavy atom. The lowest BCUT2D eigenvalue weighted by molar-refractivity contribution is 0.0973. The molecule has 4 heteroatoms. The lowest BCUT2D eigenvalue weighted by atomic mass is 10.0. The monoisotopic (exact) mass is 239 g/mol. The van der Waals surface area contributed by atoms with Crippen LogP contribution in [0.4, 0.5) is 0 Å². The van der Waals surface area contributed by atoms with Crippen molar-refractivity contribution in [3.8, 4) is 11.8 Å². The Morgan fingerprint density at radius 1 is 1.44 bits per heavy atom. The van der Waals surface area contributed by atoms with Crippen LogP contribution in [0.1, 0.15) is 23.7 Å². The molecule has 0 aliphatic rings. The molecule has 1 unspecified atom stereocenters. The fourth-order valence-electron chi connectivity index (χ4n) is 1.67. The van der Waals surface area contributed by atoms with Crippen LogP contribution < -0.4 is 0 Å². The van der Waals surface area contributed by atoms with E-state index < -0.39 is 0 Å². The number of hydrogen-bond donors (Lipinski definition) is 0. The van der Waals surface area contributed by atoms with Crippen LogP contribution in [0.15, 0.2) is 43.0 Å². The average Bonchev–Trinajstić information content (AvgIpc) is 2.92. The van der Waals surface area contributed by atoms with Crippen LogP contribution in [-0.4, -0.2) is 15.3 Å². The largest absolute Gasteiger partial charge is 0.306 e. The topological polar surface area (TPSA) is 58.7 Å². The van der Waals surface area contributed by atoms with E-state index in [0.717, 1.165) is 5.69 Å². The lowest BCUT2D eigenvalue weighted by Gasteiger charge is -2.05. The highest BCUT2D eigenvalue weighted by atomic mass is 16.1. The molecule has 0 radical (unpaired) electrons. The molecule has 0 saturated heterocycles. The van der Waals surface area contributed by atoms with Crippen molar-refractivity contribution in [3.63, 3.8) is 0 Å². The summed E-state index contributed by atoms with van der Waals surface area (Å²) in [6, 6.07) is 9.36. The number of aromatic nitrogens is 2. The predicted molar refractivity (Wildman–Crippen MR) is 67.3 cm³/mol. The summed E-state index contributed by atoms with van der Waals surface area (Å²) in [6.07, 6.45) is 5.51. The van der Waals surface area contributed by atoms with E-state index in [1.807, 2.05) is 22.9 Å². The van der Waals surface area contributed by atoms with Gasteiger partial charge in [-0.15, -0.1) is 0 Å². The first-order chi connectivity index (χ1) is 8.70. The van der Waals surface area contributed by atoms with Crippen molar-refractivity contribution in [2.45, 2.75) is 13.3 Å². The van der Waals surface area contributed by atoms with E-state index in [-0.39, 0.29) is 18.1 Å². The summed E-state index contributed by atoms with van der Waals surface area (Å²) in [6.45, 7) is 1.75. The van der Waals surface area contributed by atoms with Crippen LogP contribution in [0.3, 0.4) is 0 Å². The number of nitrogens with zero attached hydrogens (tertiary/aromatic N) is 3. The minimum atomic E-state index is -0.245. The summed E-state index contributed by atoms with van der Waals surface area (Å²) in [5.74, 6) is -0.243. The van der Waals surface area contributed by atoms with Gasteiger partial charge in [0, 0.05) is 30.1 Å². The SMILES string of the molecule is CC(C#N)CC(=O)c1ccc(-n2ccnc2)cc1. The smallest absolute Gasteiger partial charge is 0.164 e. The van der Waals surface area contributed by atoms with Gasteiger partial charge in [0.05, 0.1) is 18.3 Å². The standard InChI is InChI=1S/C14H13N3O/c1-11(9-15)8-14(18)12-2-4-13(5-3-12)17-7-6-16-10-17/h2-7,10-11H,8H2,1H3. The number of Topliss-reactive ketones (excluding diaryl/α,β-unsaturated/α-hetero) is 1. The van der Waals surface area contributed by atoms with E-state index in [1.54, 1.807) is 31.6 Å². The third kappa shape index (κ3) is 2.64. The Bertz CT molecular complexity index is 564. The highest BCUT2D eigenvalue weighted by molar-refractivity contribution is 5.96. The summed E-state index contributed by atoms with van der Waals surface area (Å²) in [5.41, 5.74) is 1.60. The van der Waals surface area contributed by atoms with E-state index in [1.165, 1.54) is 0 Å². The zero-order chi connectivity index (χ0) is 13.0. The maximum absolute atomic E-state index is 11.8. The van der Waals surface area contributed by atoms with E-state index in [2.05, 4.69) is 11.1 Å². The summed E-state index contributed by atoms with van der Waals surface area (Å²) in [7, 11) is 0. The molecule has 0 bridgehead atoms. The Kier molecular flexibility index (Phi) is 3.54. The Balaban J connectivity index is 2.13. The molecule has 0 spiro atoms. The molecule has 0 N–H and O–H groups in total. The first-order valence-electron chi connectivity index (χ1n) is 5.72. The first kappa shape index (κ1) is 12.1. The summed E-state index contributed by atoms with van der Waals surface area (Å²) in [5, 5.41) is 8.69. The van der Waals surface area contributed by atoms with Crippen molar-refractivity contribution in [1.82, 2.24) is 9.55 Å². The van der Waals surface area contributed by atoms with Gasteiger partial charge in [-0.3, -0.25) is 4.79 Å². The van der Waals surface area contributed by atoms with Crippen LogP contribution in [0.2, 0.25) is 0 Å². The zero-order valence-corrected chi connectivity index (χ0v) is 10.1. The Hall–Kier alpha value is -2.41. The van der Waals surface area contributed by atoms with Gasteiger partial charge in [-0.05, 0) is 31.2 Å². The average molecular weight is 239 g/mol. The van der Waals surface area contributed by atoms with Crippen LogP contribution in [-0.2, 0) is 0 Å². The molecule has 18 heavy (non-hydrogen) atoms. The molecule has 0 aliphatic carbocycles. The van der Waals surface area contributed by atoms with E-state index in [0.29, 0.717) is 5.56 Å². The number of rotatable bonds is 4. The Labute approximate surface area is 106 Å². The second-order valence-electron chi connectivity index (χ2n) is 4.17. The fraction of sp³-hybridized carbons (Fsp3) is 0.214. The van der Waals surface area contributed by atoms with Crippen LogP contribution >= 0.6 is 0 Å². The molecule has 2 aromatic rings. The minimum Gasteiger partial charge on any atom is -0.306 e. The highest BCUT2D eigenvalue weighted by Gasteiger charge is 2.10. The van der Waals surface area contributed by atoms with E-state index >= 15 is 0 Å². The Morgan fingerprint density at radius 3 is 2.72 bits per heavy atom. The van der Waals surface area contributed by atoms with Gasteiger partial charge in [-0.2, -0.15) is 5.26 Å². The summed E-state index contributed by atoms with van der Waals surface area (Å²) >= 11 is 0. The molecule has 1 aromatic heterocycles. The molecule has 1 atom stereocenters. The molecular weight excluding hydrogens is 226 g/mol. The molecule has 90 valence electrons. The fourth-order valence-corrected chi connectivity index (χ4v) is 1.67. The van der Waals surface area contributed by atoms with Crippen LogP contribution in [0.5, 0.6) is 0 Å². The van der Waals surface area contributed by atoms with Gasteiger partial charge in [-0.1, -0.05) is 0 Å². The second kappa shape index (κ2) is 5.28. The number of carbonyl (C=O) groups is 1. The third-order valence-electron chi connectivity index (χ3n) is 2.70. The lowest BCUT2D eigenvalue weighted by Crippen LogP contribution is -2.04. The van der Waals surface area contributed by atoms with Gasteiger partial charge < -0.3 is 4.57 Å². The van der Waals surface area contributed by atoms with Crippen molar-refractivity contribution in [1.29, 1.82) is 5.26 Å². The molecule has 0 aliphatic heterocycles. The molecule has 0 saturated carbocycles.